The average Bonchev–Trinajstić information content (AvgIpc) is 3.35. The van der Waals surface area contributed by atoms with E-state index in [4.69, 9.17) is 11.5 Å². The Morgan fingerprint density at radius 1 is 0.474 bits per heavy atom. The van der Waals surface area contributed by atoms with Crippen LogP contribution in [0.5, 0.6) is 0 Å². The number of nitrogens with one attached hydrogen (secondary N) is 9. The third-order valence-corrected chi connectivity index (χ3v) is 12.4. The molecule has 27 nitrogen and oxygen atoms in total. The van der Waals surface area contributed by atoms with Gasteiger partial charge in [0.2, 0.25) is 59.1 Å². The normalized spacial score (nSPS) is 15.4. The zero-order chi connectivity index (χ0) is 59.7. The predicted molar refractivity (Wildman–Crippen MR) is 281 cm³/mol. The molecule has 0 saturated heterocycles. The maximum atomic E-state index is 14.1. The van der Waals surface area contributed by atoms with Crippen LogP contribution >= 0.6 is 0 Å². The van der Waals surface area contributed by atoms with E-state index in [0.717, 1.165) is 6.92 Å². The molecule has 1 rings (SSSR count). The fourth-order valence-electron chi connectivity index (χ4n) is 7.43. The summed E-state index contributed by atoms with van der Waals surface area (Å²) < 4.78 is 0. The molecule has 0 unspecified atom stereocenters. The number of aliphatic carboxylic acids is 3. The first-order valence-electron chi connectivity index (χ1n) is 25.8. The molecule has 1 aromatic carbocycles. The molecule has 11 atom stereocenters. The van der Waals surface area contributed by atoms with E-state index in [1.807, 2.05) is 0 Å². The van der Waals surface area contributed by atoms with Crippen LogP contribution < -0.4 is 59.3 Å². The average molecular weight is 1100 g/mol. The van der Waals surface area contributed by atoms with Crippen LogP contribution in [0, 0.1) is 23.7 Å². The minimum Gasteiger partial charge on any atom is -0.481 e. The summed E-state index contributed by atoms with van der Waals surface area (Å²) in [5, 5.41) is 50.5. The van der Waals surface area contributed by atoms with Crippen LogP contribution in [-0.2, 0) is 68.7 Å². The molecule has 27 heteroatoms. The summed E-state index contributed by atoms with van der Waals surface area (Å²) in [6.45, 7) is 15.9. The number of carbonyl (C=O) groups excluding carboxylic acids is 10. The molecule has 10 amide bonds. The van der Waals surface area contributed by atoms with Crippen LogP contribution in [0.2, 0.25) is 0 Å². The summed E-state index contributed by atoms with van der Waals surface area (Å²) in [5.41, 5.74) is 11.9. The Balaban J connectivity index is 3.43. The first kappa shape index (κ1) is 68.3. The zero-order valence-electron chi connectivity index (χ0n) is 45.9. The topological polar surface area (TPSA) is 443 Å². The van der Waals surface area contributed by atoms with Crippen molar-refractivity contribution in [3.8, 4) is 0 Å². The number of hydrogen-bond acceptors (Lipinski definition) is 14. The van der Waals surface area contributed by atoms with Crippen molar-refractivity contribution in [1.82, 2.24) is 47.9 Å². The highest BCUT2D eigenvalue weighted by atomic mass is 16.4. The third kappa shape index (κ3) is 24.5. The number of amides is 10. The third-order valence-electron chi connectivity index (χ3n) is 12.4. The van der Waals surface area contributed by atoms with Crippen LogP contribution in [0.25, 0.3) is 0 Å². The molecule has 0 aliphatic heterocycles. The Bertz CT molecular complexity index is 2280. The summed E-state index contributed by atoms with van der Waals surface area (Å²) in [5.74, 6) is -15.4. The van der Waals surface area contributed by atoms with Gasteiger partial charge in [-0.05, 0) is 62.3 Å². The van der Waals surface area contributed by atoms with Gasteiger partial charge in [0.1, 0.15) is 54.4 Å². The van der Waals surface area contributed by atoms with E-state index >= 15 is 0 Å². The van der Waals surface area contributed by atoms with Crippen molar-refractivity contribution in [3.63, 3.8) is 0 Å². The minimum absolute atomic E-state index is 0.0821. The molecule has 0 bridgehead atoms. The van der Waals surface area contributed by atoms with Crippen LogP contribution in [0.1, 0.15) is 120 Å². The molecule has 16 N–H and O–H groups in total. The standard InChI is InChI=1S/C51H81N11O16/c1-11-27(8)41(62-47(73)33(21-24(2)3)58-43(69)29(10)55-49(75)39(53)25(4)5)50(76)57-32(18-20-38(66)67)45(71)60-35(23-36(52)63)46(72)54-28(9)42(68)56-31(17-19-37(64)65)44(70)59-34(22-30-15-13-12-14-16-30)48(74)61-40(26(6)7)51(77)78/h12-16,24-29,31-35,39-41H,11,17-23,53H2,1-10H3,(H2,52,63)(H,54,72)(H,55,75)(H,56,68)(H,57,76)(H,58,69)(H,59,70)(H,60,71)(H,61,74)(H,62,73)(H,64,65)(H,66,67)(H,77,78)/t27-,28-,29-,31-,32-,33-,34-,35-,39-,40-,41-/m0/s1. The van der Waals surface area contributed by atoms with Gasteiger partial charge >= 0.3 is 17.9 Å². The lowest BCUT2D eigenvalue weighted by molar-refractivity contribution is -0.143. The van der Waals surface area contributed by atoms with Gasteiger partial charge in [-0.3, -0.25) is 57.5 Å². The largest absolute Gasteiger partial charge is 0.481 e. The van der Waals surface area contributed by atoms with Crippen LogP contribution in [0.4, 0.5) is 0 Å². The van der Waals surface area contributed by atoms with Gasteiger partial charge in [-0.15, -0.1) is 0 Å². The van der Waals surface area contributed by atoms with Crippen molar-refractivity contribution >= 4 is 77.0 Å². The van der Waals surface area contributed by atoms with Crippen molar-refractivity contribution in [3.05, 3.63) is 35.9 Å². The quantitative estimate of drug-likeness (QED) is 0.0351. The van der Waals surface area contributed by atoms with Crippen LogP contribution in [-0.4, -0.2) is 153 Å². The zero-order valence-corrected chi connectivity index (χ0v) is 45.9. The summed E-state index contributed by atoms with van der Waals surface area (Å²) in [6, 6.07) is -6.06. The lowest BCUT2D eigenvalue weighted by Gasteiger charge is -2.29. The SMILES string of the molecule is CC[C@H](C)[C@H](NC(=O)[C@H](CC(C)C)NC(=O)[C@H](C)NC(=O)[C@@H](N)C(C)C)C(=O)N[C@@H](CCC(=O)O)C(=O)N[C@@H](CC(N)=O)C(=O)N[C@@H](C)C(=O)N[C@@H](CCC(=O)O)C(=O)N[C@@H](Cc1ccccc1)C(=O)N[C@H](C(=O)O)C(C)C. The molecule has 0 radical (unpaired) electrons. The number of hydrogen-bond donors (Lipinski definition) is 14. The smallest absolute Gasteiger partial charge is 0.326 e. The number of carboxylic acids is 3. The molecule has 0 spiro atoms. The van der Waals surface area contributed by atoms with E-state index in [-0.39, 0.29) is 31.1 Å². The van der Waals surface area contributed by atoms with Crippen molar-refractivity contribution in [1.29, 1.82) is 0 Å². The lowest BCUT2D eigenvalue weighted by atomic mass is 9.96. The molecule has 78 heavy (non-hydrogen) atoms. The number of nitrogens with two attached hydrogens (primary N) is 2. The Morgan fingerprint density at radius 2 is 0.885 bits per heavy atom. The van der Waals surface area contributed by atoms with E-state index in [0.29, 0.717) is 5.56 Å². The number of carbonyl (C=O) groups is 13. The summed E-state index contributed by atoms with van der Waals surface area (Å²) in [4.78, 5) is 170. The number of primary amides is 1. The van der Waals surface area contributed by atoms with E-state index in [1.54, 1.807) is 85.7 Å². The molecule has 0 heterocycles. The molecule has 0 aliphatic rings. The van der Waals surface area contributed by atoms with Crippen molar-refractivity contribution in [2.45, 2.75) is 181 Å². The van der Waals surface area contributed by atoms with E-state index in [1.165, 1.54) is 6.92 Å². The summed E-state index contributed by atoms with van der Waals surface area (Å²) in [7, 11) is 0. The monoisotopic (exact) mass is 1100 g/mol. The van der Waals surface area contributed by atoms with E-state index in [2.05, 4.69) is 47.9 Å². The molecule has 436 valence electrons. The van der Waals surface area contributed by atoms with Crippen molar-refractivity contribution in [2.24, 2.45) is 35.1 Å². The second-order valence-electron chi connectivity index (χ2n) is 20.3. The molecule has 0 aromatic heterocycles. The second-order valence-corrected chi connectivity index (χ2v) is 20.3. The number of carboxylic acid groups (broad SMARTS) is 3. The van der Waals surface area contributed by atoms with Gasteiger partial charge < -0.3 is 74.6 Å². The highest BCUT2D eigenvalue weighted by molar-refractivity contribution is 5.99. The van der Waals surface area contributed by atoms with Gasteiger partial charge in [0.25, 0.3) is 0 Å². The number of rotatable bonds is 35. The van der Waals surface area contributed by atoms with Gasteiger partial charge in [-0.25, -0.2) is 4.79 Å². The minimum atomic E-state index is -1.88. The van der Waals surface area contributed by atoms with Gasteiger partial charge in [0.05, 0.1) is 12.5 Å². The maximum Gasteiger partial charge on any atom is 0.326 e. The van der Waals surface area contributed by atoms with Crippen LogP contribution in [0.3, 0.4) is 0 Å². The first-order chi connectivity index (χ1) is 36.3. The number of benzene rings is 1. The lowest BCUT2D eigenvalue weighted by Crippen LogP contribution is -2.61. The van der Waals surface area contributed by atoms with E-state index in [9.17, 15) is 77.6 Å². The highest BCUT2D eigenvalue weighted by Gasteiger charge is 2.37. The second kappa shape index (κ2) is 33.4. The molecule has 0 aliphatic carbocycles. The first-order valence-corrected chi connectivity index (χ1v) is 25.8. The molecular weight excluding hydrogens is 1020 g/mol. The van der Waals surface area contributed by atoms with Gasteiger partial charge in [-0.2, -0.15) is 0 Å². The van der Waals surface area contributed by atoms with Crippen LogP contribution in [0.15, 0.2) is 30.3 Å². The fraction of sp³-hybridized carbons (Fsp3) is 0.627. The van der Waals surface area contributed by atoms with Crippen molar-refractivity contribution in [2.75, 3.05) is 0 Å². The summed E-state index contributed by atoms with van der Waals surface area (Å²) in [6.07, 6.45) is -3.20. The molecular formula is C51H81N11O16. The van der Waals surface area contributed by atoms with Gasteiger partial charge in [-0.1, -0.05) is 92.1 Å². The van der Waals surface area contributed by atoms with E-state index < -0.39 is 181 Å². The Labute approximate surface area is 453 Å². The van der Waals surface area contributed by atoms with Gasteiger partial charge in [0.15, 0.2) is 0 Å². The summed E-state index contributed by atoms with van der Waals surface area (Å²) >= 11 is 0. The maximum absolute atomic E-state index is 14.1. The molecule has 0 saturated carbocycles. The van der Waals surface area contributed by atoms with Crippen molar-refractivity contribution < 1.29 is 77.6 Å². The predicted octanol–water partition coefficient (Wildman–Crippen LogP) is -1.95. The molecule has 0 fully saturated rings. The Hall–Kier alpha value is -7.71. The molecule has 1 aromatic rings. The van der Waals surface area contributed by atoms with Gasteiger partial charge in [0, 0.05) is 19.3 Å². The fourth-order valence-corrected chi connectivity index (χ4v) is 7.43. The Morgan fingerprint density at radius 3 is 1.32 bits per heavy atom. The highest BCUT2D eigenvalue weighted by Crippen LogP contribution is 2.14. The Kier molecular flexibility index (Phi) is 29.3.